The highest BCUT2D eigenvalue weighted by Gasteiger charge is 1.86. The minimum absolute atomic E-state index is 0. The molecule has 2 N–H and O–H groups in total. The Balaban J connectivity index is 0.000000810. The van der Waals surface area contributed by atoms with Crippen LogP contribution >= 0.6 is 0 Å². The van der Waals surface area contributed by atoms with Crippen LogP contribution in [0.4, 0.5) is 0 Å². The van der Waals surface area contributed by atoms with Gasteiger partial charge in [-0.25, -0.2) is 0 Å². The van der Waals surface area contributed by atoms with Crippen LogP contribution in [0.25, 0.3) is 0 Å². The first-order chi connectivity index (χ1) is 4.43. The highest BCUT2D eigenvalue weighted by Crippen LogP contribution is 1.90. The maximum atomic E-state index is 3.69. The van der Waals surface area contributed by atoms with Crippen molar-refractivity contribution in [3.8, 4) is 0 Å². The van der Waals surface area contributed by atoms with Gasteiger partial charge < -0.3 is 10.0 Å². The summed E-state index contributed by atoms with van der Waals surface area (Å²) in [5.74, 6) is 0. The normalized spacial score (nSPS) is 8.90. The Morgan fingerprint density at radius 2 is 1.90 bits per heavy atom. The van der Waals surface area contributed by atoms with E-state index in [-0.39, 0.29) is 5.48 Å². The standard InChI is InChI=1S/C6H11N3.H2O/c1-2-3-4-9-5-7-8-6-9;/h5-6H,2-4H2,1H3;1H2. The van der Waals surface area contributed by atoms with Crippen molar-refractivity contribution in [2.45, 2.75) is 26.3 Å². The summed E-state index contributed by atoms with van der Waals surface area (Å²) in [7, 11) is 0. The summed E-state index contributed by atoms with van der Waals surface area (Å²) in [6.45, 7) is 3.22. The van der Waals surface area contributed by atoms with E-state index in [9.17, 15) is 0 Å². The molecule has 0 spiro atoms. The molecular formula is C6H13N3O. The van der Waals surface area contributed by atoms with Crippen LogP contribution < -0.4 is 0 Å². The molecule has 0 aromatic carbocycles. The summed E-state index contributed by atoms with van der Waals surface area (Å²) < 4.78 is 1.99. The number of hydrogen-bond acceptors (Lipinski definition) is 2. The lowest BCUT2D eigenvalue weighted by molar-refractivity contribution is 0.630. The van der Waals surface area contributed by atoms with Crippen molar-refractivity contribution in [3.63, 3.8) is 0 Å². The van der Waals surface area contributed by atoms with Gasteiger partial charge in [0.1, 0.15) is 12.7 Å². The van der Waals surface area contributed by atoms with E-state index in [0.29, 0.717) is 0 Å². The van der Waals surface area contributed by atoms with E-state index in [0.717, 1.165) is 6.54 Å². The van der Waals surface area contributed by atoms with E-state index in [2.05, 4.69) is 17.1 Å². The molecule has 1 heterocycles. The summed E-state index contributed by atoms with van der Waals surface area (Å²) in [5, 5.41) is 7.38. The predicted octanol–water partition coefficient (Wildman–Crippen LogP) is 0.253. The molecule has 1 aromatic rings. The molecule has 0 bridgehead atoms. The molecule has 0 unspecified atom stereocenters. The third-order valence-electron chi connectivity index (χ3n) is 1.24. The van der Waals surface area contributed by atoms with Gasteiger partial charge in [0.25, 0.3) is 0 Å². The molecule has 1 rings (SSSR count). The fourth-order valence-corrected chi connectivity index (χ4v) is 0.678. The van der Waals surface area contributed by atoms with Crippen molar-refractivity contribution in [2.75, 3.05) is 0 Å². The average Bonchev–Trinajstić information content (AvgIpc) is 2.34. The predicted molar refractivity (Wildman–Crippen MR) is 38.5 cm³/mol. The Labute approximate surface area is 60.2 Å². The number of hydrogen-bond donors (Lipinski definition) is 0. The van der Waals surface area contributed by atoms with Crippen LogP contribution in [0.5, 0.6) is 0 Å². The number of unbranched alkanes of at least 4 members (excludes halogenated alkanes) is 1. The third kappa shape index (κ3) is 2.59. The van der Waals surface area contributed by atoms with Crippen molar-refractivity contribution in [2.24, 2.45) is 0 Å². The largest absolute Gasteiger partial charge is 0.412 e. The average molecular weight is 143 g/mol. The molecule has 0 saturated carbocycles. The lowest BCUT2D eigenvalue weighted by Gasteiger charge is -1.95. The maximum absolute atomic E-state index is 3.69. The fourth-order valence-electron chi connectivity index (χ4n) is 0.678. The lowest BCUT2D eigenvalue weighted by Crippen LogP contribution is -1.92. The molecule has 0 aliphatic rings. The molecule has 4 nitrogen and oxygen atoms in total. The van der Waals surface area contributed by atoms with Crippen LogP contribution in [0.2, 0.25) is 0 Å². The highest BCUT2D eigenvalue weighted by atomic mass is 16.0. The topological polar surface area (TPSA) is 62.2 Å². The molecule has 0 amide bonds. The minimum atomic E-state index is 0. The Kier molecular flexibility index (Phi) is 4.49. The Hall–Kier alpha value is -0.900. The molecule has 0 radical (unpaired) electrons. The number of nitrogens with zero attached hydrogens (tertiary/aromatic N) is 3. The second-order valence-corrected chi connectivity index (χ2v) is 2.05. The Bertz CT molecular complexity index is 150. The number of aromatic nitrogens is 3. The Morgan fingerprint density at radius 3 is 2.40 bits per heavy atom. The minimum Gasteiger partial charge on any atom is -0.412 e. The van der Waals surface area contributed by atoms with Gasteiger partial charge in [0.2, 0.25) is 0 Å². The summed E-state index contributed by atoms with van der Waals surface area (Å²) in [6.07, 6.45) is 5.92. The van der Waals surface area contributed by atoms with E-state index in [1.54, 1.807) is 12.7 Å². The van der Waals surface area contributed by atoms with Gasteiger partial charge >= 0.3 is 0 Å². The van der Waals surface area contributed by atoms with Gasteiger partial charge in [0.15, 0.2) is 0 Å². The van der Waals surface area contributed by atoms with Crippen LogP contribution in [0.1, 0.15) is 19.8 Å². The van der Waals surface area contributed by atoms with E-state index in [4.69, 9.17) is 0 Å². The zero-order chi connectivity index (χ0) is 6.53. The van der Waals surface area contributed by atoms with Gasteiger partial charge in [-0.05, 0) is 6.42 Å². The van der Waals surface area contributed by atoms with E-state index >= 15 is 0 Å². The third-order valence-corrected chi connectivity index (χ3v) is 1.24. The first-order valence-corrected chi connectivity index (χ1v) is 3.26. The number of rotatable bonds is 3. The molecule has 10 heavy (non-hydrogen) atoms. The molecule has 1 aromatic heterocycles. The second kappa shape index (κ2) is 4.93. The van der Waals surface area contributed by atoms with Crippen molar-refractivity contribution in [1.29, 1.82) is 0 Å². The molecule has 0 fully saturated rings. The van der Waals surface area contributed by atoms with Crippen molar-refractivity contribution in [1.82, 2.24) is 14.8 Å². The van der Waals surface area contributed by atoms with Gasteiger partial charge in [-0.2, -0.15) is 0 Å². The van der Waals surface area contributed by atoms with Crippen LogP contribution in [0, 0.1) is 0 Å². The van der Waals surface area contributed by atoms with E-state index in [1.807, 2.05) is 4.57 Å². The summed E-state index contributed by atoms with van der Waals surface area (Å²) >= 11 is 0. The first-order valence-electron chi connectivity index (χ1n) is 3.26. The van der Waals surface area contributed by atoms with Crippen LogP contribution in [-0.2, 0) is 6.54 Å². The van der Waals surface area contributed by atoms with Gasteiger partial charge in [0.05, 0.1) is 0 Å². The molecule has 0 saturated heterocycles. The van der Waals surface area contributed by atoms with Crippen molar-refractivity contribution < 1.29 is 5.48 Å². The van der Waals surface area contributed by atoms with Crippen molar-refractivity contribution in [3.05, 3.63) is 12.7 Å². The van der Waals surface area contributed by atoms with E-state index in [1.165, 1.54) is 12.8 Å². The second-order valence-electron chi connectivity index (χ2n) is 2.05. The summed E-state index contributed by atoms with van der Waals surface area (Å²) in [5.41, 5.74) is 0. The first kappa shape index (κ1) is 9.10. The number of aryl methyl sites for hydroxylation is 1. The van der Waals surface area contributed by atoms with Crippen LogP contribution in [-0.4, -0.2) is 20.2 Å². The molecule has 0 aliphatic carbocycles. The smallest absolute Gasteiger partial charge is 0.119 e. The molecular weight excluding hydrogens is 130 g/mol. The molecule has 0 atom stereocenters. The fraction of sp³-hybridized carbons (Fsp3) is 0.667. The maximum Gasteiger partial charge on any atom is 0.119 e. The van der Waals surface area contributed by atoms with Gasteiger partial charge in [-0.15, -0.1) is 10.2 Å². The van der Waals surface area contributed by atoms with Gasteiger partial charge in [0, 0.05) is 6.54 Å². The SMILES string of the molecule is CCCCn1cnnc1.O. The molecule has 4 heteroatoms. The van der Waals surface area contributed by atoms with Crippen LogP contribution in [0.15, 0.2) is 12.7 Å². The summed E-state index contributed by atoms with van der Waals surface area (Å²) in [6, 6.07) is 0. The van der Waals surface area contributed by atoms with Gasteiger partial charge in [-0.3, -0.25) is 0 Å². The van der Waals surface area contributed by atoms with Gasteiger partial charge in [-0.1, -0.05) is 13.3 Å². The lowest BCUT2D eigenvalue weighted by atomic mass is 10.3. The monoisotopic (exact) mass is 143 g/mol. The van der Waals surface area contributed by atoms with Crippen molar-refractivity contribution >= 4 is 0 Å². The highest BCUT2D eigenvalue weighted by molar-refractivity contribution is 4.58. The molecule has 58 valence electrons. The van der Waals surface area contributed by atoms with Crippen LogP contribution in [0.3, 0.4) is 0 Å². The zero-order valence-electron chi connectivity index (χ0n) is 6.12. The van der Waals surface area contributed by atoms with E-state index < -0.39 is 0 Å². The Morgan fingerprint density at radius 1 is 1.30 bits per heavy atom. The quantitative estimate of drug-likeness (QED) is 0.609. The molecule has 0 aliphatic heterocycles. The summed E-state index contributed by atoms with van der Waals surface area (Å²) in [4.78, 5) is 0. The zero-order valence-corrected chi connectivity index (χ0v) is 6.12.